The van der Waals surface area contributed by atoms with E-state index < -0.39 is 11.5 Å². The molecule has 2 aromatic rings. The standard InChI is InChI=1S/C16H15NOS/c17-11-16(15(18)14-6-8-19-10-14)7-5-12-3-1-2-4-13(12)9-16/h1-4,6,8,10,15,18H,5,7,9H2. The SMILES string of the molecule is N#CC1(C(O)c2ccsc2)CCc2ccccc2C1. The highest BCUT2D eigenvalue weighted by atomic mass is 32.1. The molecule has 1 N–H and O–H groups in total. The summed E-state index contributed by atoms with van der Waals surface area (Å²) in [5.41, 5.74) is 2.69. The Morgan fingerprint density at radius 2 is 2.05 bits per heavy atom. The summed E-state index contributed by atoms with van der Waals surface area (Å²) < 4.78 is 0. The van der Waals surface area contributed by atoms with Crippen molar-refractivity contribution in [3.05, 3.63) is 57.8 Å². The van der Waals surface area contributed by atoms with E-state index in [-0.39, 0.29) is 0 Å². The van der Waals surface area contributed by atoms with E-state index in [9.17, 15) is 10.4 Å². The van der Waals surface area contributed by atoms with Gasteiger partial charge in [-0.25, -0.2) is 0 Å². The lowest BCUT2D eigenvalue weighted by molar-refractivity contribution is 0.0529. The number of hydrogen-bond donors (Lipinski definition) is 1. The molecular weight excluding hydrogens is 254 g/mol. The Morgan fingerprint density at radius 3 is 2.74 bits per heavy atom. The van der Waals surface area contributed by atoms with Gasteiger partial charge in [-0.1, -0.05) is 24.3 Å². The van der Waals surface area contributed by atoms with Gasteiger partial charge < -0.3 is 5.11 Å². The maximum Gasteiger partial charge on any atom is 0.0987 e. The van der Waals surface area contributed by atoms with Gasteiger partial charge in [0.25, 0.3) is 0 Å². The molecule has 0 amide bonds. The Hall–Kier alpha value is -1.63. The molecule has 1 aliphatic rings. The summed E-state index contributed by atoms with van der Waals surface area (Å²) >= 11 is 1.56. The van der Waals surface area contributed by atoms with Crippen LogP contribution in [0.25, 0.3) is 0 Å². The van der Waals surface area contributed by atoms with Crippen LogP contribution in [0.1, 0.15) is 29.2 Å². The molecular formula is C16H15NOS. The van der Waals surface area contributed by atoms with Gasteiger partial charge in [0.15, 0.2) is 0 Å². The third-order valence-electron chi connectivity index (χ3n) is 4.07. The summed E-state index contributed by atoms with van der Waals surface area (Å²) in [6.07, 6.45) is 1.52. The molecule has 19 heavy (non-hydrogen) atoms. The van der Waals surface area contributed by atoms with Crippen LogP contribution in [0.4, 0.5) is 0 Å². The first-order valence-electron chi connectivity index (χ1n) is 6.43. The fourth-order valence-electron chi connectivity index (χ4n) is 2.90. The summed E-state index contributed by atoms with van der Waals surface area (Å²) in [5, 5.41) is 24.1. The fraction of sp³-hybridized carbons (Fsp3) is 0.312. The van der Waals surface area contributed by atoms with Gasteiger partial charge in [0.2, 0.25) is 0 Å². The molecule has 1 aliphatic carbocycles. The smallest absolute Gasteiger partial charge is 0.0987 e. The van der Waals surface area contributed by atoms with Crippen molar-refractivity contribution in [1.29, 1.82) is 5.26 Å². The third kappa shape index (κ3) is 2.07. The molecule has 3 heteroatoms. The van der Waals surface area contributed by atoms with Gasteiger partial charge in [0.1, 0.15) is 0 Å². The summed E-state index contributed by atoms with van der Waals surface area (Å²) in [6, 6.07) is 12.5. The van der Waals surface area contributed by atoms with Gasteiger partial charge in [-0.05, 0) is 52.8 Å². The quantitative estimate of drug-likeness (QED) is 0.907. The van der Waals surface area contributed by atoms with Crippen LogP contribution in [0.15, 0.2) is 41.1 Å². The zero-order valence-corrected chi connectivity index (χ0v) is 11.4. The van der Waals surface area contributed by atoms with Gasteiger partial charge in [-0.2, -0.15) is 16.6 Å². The average molecular weight is 269 g/mol. The van der Waals surface area contributed by atoms with E-state index in [0.29, 0.717) is 6.42 Å². The van der Waals surface area contributed by atoms with Crippen molar-refractivity contribution in [3.63, 3.8) is 0 Å². The lowest BCUT2D eigenvalue weighted by Crippen LogP contribution is -2.33. The van der Waals surface area contributed by atoms with Crippen molar-refractivity contribution < 1.29 is 5.11 Å². The first-order valence-corrected chi connectivity index (χ1v) is 7.38. The van der Waals surface area contributed by atoms with Crippen LogP contribution in [-0.2, 0) is 12.8 Å². The summed E-state index contributed by atoms with van der Waals surface area (Å²) in [4.78, 5) is 0. The molecule has 2 nitrogen and oxygen atoms in total. The van der Waals surface area contributed by atoms with Crippen molar-refractivity contribution in [3.8, 4) is 6.07 Å². The molecule has 0 saturated heterocycles. The maximum atomic E-state index is 10.6. The Labute approximate surface area is 116 Å². The fourth-order valence-corrected chi connectivity index (χ4v) is 3.58. The third-order valence-corrected chi connectivity index (χ3v) is 4.77. The average Bonchev–Trinajstić information content (AvgIpc) is 3.00. The van der Waals surface area contributed by atoms with E-state index in [1.165, 1.54) is 11.1 Å². The molecule has 2 unspecified atom stereocenters. The predicted molar refractivity (Wildman–Crippen MR) is 75.8 cm³/mol. The number of aryl methyl sites for hydroxylation is 1. The van der Waals surface area contributed by atoms with Crippen LogP contribution in [0.5, 0.6) is 0 Å². The van der Waals surface area contributed by atoms with Crippen LogP contribution in [0, 0.1) is 16.7 Å². The molecule has 0 fully saturated rings. The Balaban J connectivity index is 1.97. The Morgan fingerprint density at radius 1 is 1.26 bits per heavy atom. The number of nitrogens with zero attached hydrogens (tertiary/aromatic N) is 1. The minimum atomic E-state index is -0.697. The summed E-state index contributed by atoms with van der Waals surface area (Å²) in [7, 11) is 0. The minimum Gasteiger partial charge on any atom is -0.387 e. The van der Waals surface area contributed by atoms with Crippen LogP contribution in [0.2, 0.25) is 0 Å². The van der Waals surface area contributed by atoms with E-state index in [0.717, 1.165) is 18.4 Å². The highest BCUT2D eigenvalue weighted by molar-refractivity contribution is 7.07. The molecule has 0 bridgehead atoms. The normalized spacial score (nSPS) is 23.4. The van der Waals surface area contributed by atoms with E-state index in [1.807, 2.05) is 29.0 Å². The number of aliphatic hydroxyl groups is 1. The van der Waals surface area contributed by atoms with Crippen molar-refractivity contribution in [2.45, 2.75) is 25.4 Å². The largest absolute Gasteiger partial charge is 0.387 e. The van der Waals surface area contributed by atoms with Gasteiger partial charge in [0.05, 0.1) is 17.6 Å². The number of hydrogen-bond acceptors (Lipinski definition) is 3. The van der Waals surface area contributed by atoms with Gasteiger partial charge in [-0.3, -0.25) is 0 Å². The van der Waals surface area contributed by atoms with Crippen molar-refractivity contribution >= 4 is 11.3 Å². The topological polar surface area (TPSA) is 44.0 Å². The van der Waals surface area contributed by atoms with Crippen molar-refractivity contribution in [1.82, 2.24) is 0 Å². The zero-order valence-electron chi connectivity index (χ0n) is 10.5. The number of benzene rings is 1. The van der Waals surface area contributed by atoms with Crippen LogP contribution >= 0.6 is 11.3 Å². The van der Waals surface area contributed by atoms with Crippen molar-refractivity contribution in [2.24, 2.45) is 5.41 Å². The van der Waals surface area contributed by atoms with E-state index in [4.69, 9.17) is 0 Å². The second kappa shape index (κ2) is 4.80. The zero-order chi connectivity index (χ0) is 13.3. The lowest BCUT2D eigenvalue weighted by Gasteiger charge is -2.36. The number of thiophene rings is 1. The second-order valence-corrected chi connectivity index (χ2v) is 5.95. The molecule has 0 spiro atoms. The first-order chi connectivity index (χ1) is 9.25. The number of nitriles is 1. The molecule has 96 valence electrons. The maximum absolute atomic E-state index is 10.6. The first kappa shape index (κ1) is 12.4. The Kier molecular flexibility index (Phi) is 3.14. The molecule has 1 aromatic heterocycles. The molecule has 0 aliphatic heterocycles. The molecule has 1 aromatic carbocycles. The molecule has 1 heterocycles. The molecule has 0 radical (unpaired) electrons. The highest BCUT2D eigenvalue weighted by Crippen LogP contribution is 2.44. The molecule has 0 saturated carbocycles. The van der Waals surface area contributed by atoms with Gasteiger partial charge >= 0.3 is 0 Å². The lowest BCUT2D eigenvalue weighted by atomic mass is 9.68. The molecule has 3 rings (SSSR count). The van der Waals surface area contributed by atoms with Crippen LogP contribution in [-0.4, -0.2) is 5.11 Å². The predicted octanol–water partition coefficient (Wildman–Crippen LogP) is 3.48. The van der Waals surface area contributed by atoms with E-state index >= 15 is 0 Å². The summed E-state index contributed by atoms with van der Waals surface area (Å²) in [6.45, 7) is 0. The minimum absolute atomic E-state index is 0.636. The second-order valence-electron chi connectivity index (χ2n) is 5.17. The number of fused-ring (bicyclic) bond motifs is 1. The highest BCUT2D eigenvalue weighted by Gasteiger charge is 2.42. The molecule has 2 atom stereocenters. The Bertz CT molecular complexity index is 614. The van der Waals surface area contributed by atoms with Gasteiger partial charge in [-0.15, -0.1) is 0 Å². The van der Waals surface area contributed by atoms with Gasteiger partial charge in [0, 0.05) is 0 Å². The number of aliphatic hydroxyl groups excluding tert-OH is 1. The van der Waals surface area contributed by atoms with E-state index in [1.54, 1.807) is 11.3 Å². The summed E-state index contributed by atoms with van der Waals surface area (Å²) in [5.74, 6) is 0. The van der Waals surface area contributed by atoms with Crippen LogP contribution in [0.3, 0.4) is 0 Å². The van der Waals surface area contributed by atoms with Crippen molar-refractivity contribution in [2.75, 3.05) is 0 Å². The number of rotatable bonds is 2. The monoisotopic (exact) mass is 269 g/mol. The van der Waals surface area contributed by atoms with E-state index in [2.05, 4.69) is 18.2 Å². The van der Waals surface area contributed by atoms with Crippen LogP contribution < -0.4 is 0 Å².